The number of unbranched alkanes of at least 4 members (excludes halogenated alkanes) is 1. The monoisotopic (exact) mass is 816 g/mol. The normalized spacial score (nSPS) is 20.1. The van der Waals surface area contributed by atoms with E-state index in [0.29, 0.717) is 24.8 Å². The number of benzene rings is 4. The van der Waals surface area contributed by atoms with Gasteiger partial charge in [-0.25, -0.2) is 4.79 Å². The summed E-state index contributed by atoms with van der Waals surface area (Å²) in [5, 5.41) is 9.47. The molecule has 1 saturated heterocycles. The minimum absolute atomic E-state index is 0.0616. The summed E-state index contributed by atoms with van der Waals surface area (Å²) in [6.07, 6.45) is 15.6. The zero-order valence-corrected chi connectivity index (χ0v) is 37.0. The van der Waals surface area contributed by atoms with E-state index in [1.54, 1.807) is 14.0 Å². The van der Waals surface area contributed by atoms with E-state index in [4.69, 9.17) is 4.74 Å². The first-order valence-corrected chi connectivity index (χ1v) is 22.5. The van der Waals surface area contributed by atoms with Gasteiger partial charge in [0.2, 0.25) is 0 Å². The number of amides is 4. The number of nitrogens with zero attached hydrogens (tertiary/aromatic N) is 4. The van der Waals surface area contributed by atoms with Crippen LogP contribution in [0.25, 0.3) is 55.5 Å². The Kier molecular flexibility index (Phi) is 12.2. The summed E-state index contributed by atoms with van der Waals surface area (Å²) in [7, 11) is 1.56. The lowest BCUT2D eigenvalue weighted by molar-refractivity contribution is -0.137. The van der Waals surface area contributed by atoms with Gasteiger partial charge in [-0.05, 0) is 105 Å². The molecule has 316 valence electrons. The molecule has 1 aliphatic carbocycles. The third-order valence-electron chi connectivity index (χ3n) is 13.0. The number of carbonyl (C=O) groups is 3. The number of rotatable bonds is 14. The first-order valence-electron chi connectivity index (χ1n) is 22.5. The van der Waals surface area contributed by atoms with Crippen LogP contribution in [0.1, 0.15) is 105 Å². The molecule has 1 saturated carbocycles. The van der Waals surface area contributed by atoms with E-state index in [1.807, 2.05) is 6.92 Å². The number of ether oxygens (including phenoxy) is 1. The molecule has 0 radical (unpaired) electrons. The van der Waals surface area contributed by atoms with Crippen molar-refractivity contribution in [2.24, 2.45) is 0 Å². The van der Waals surface area contributed by atoms with Crippen LogP contribution < -0.4 is 10.7 Å². The van der Waals surface area contributed by atoms with E-state index in [2.05, 4.69) is 134 Å². The summed E-state index contributed by atoms with van der Waals surface area (Å²) in [5.74, 6) is -1.08. The lowest BCUT2D eigenvalue weighted by Crippen LogP contribution is -2.60. The second kappa shape index (κ2) is 17.7. The van der Waals surface area contributed by atoms with Crippen molar-refractivity contribution in [1.29, 1.82) is 0 Å². The van der Waals surface area contributed by atoms with Crippen LogP contribution in [0.5, 0.6) is 0 Å². The molecule has 8 rings (SSSR count). The van der Waals surface area contributed by atoms with Crippen molar-refractivity contribution in [1.82, 2.24) is 18.9 Å². The number of urea groups is 1. The summed E-state index contributed by atoms with van der Waals surface area (Å²) >= 11 is 0. The van der Waals surface area contributed by atoms with Crippen LogP contribution in [0, 0.1) is 0 Å². The van der Waals surface area contributed by atoms with E-state index in [9.17, 15) is 14.4 Å². The molecule has 2 aliphatic rings. The lowest BCUT2D eigenvalue weighted by Gasteiger charge is -2.37. The van der Waals surface area contributed by atoms with Crippen LogP contribution >= 0.6 is 0 Å². The van der Waals surface area contributed by atoms with Gasteiger partial charge in [-0.3, -0.25) is 19.4 Å². The molecule has 4 aromatic carbocycles. The molecule has 3 heterocycles. The van der Waals surface area contributed by atoms with Gasteiger partial charge in [-0.1, -0.05) is 113 Å². The summed E-state index contributed by atoms with van der Waals surface area (Å²) < 4.78 is 10.4. The molecule has 1 aliphatic heterocycles. The van der Waals surface area contributed by atoms with E-state index in [1.165, 1.54) is 53.2 Å². The van der Waals surface area contributed by atoms with Gasteiger partial charge in [0.05, 0.1) is 12.6 Å². The molecular formula is C53H60N4O4. The highest BCUT2D eigenvalue weighted by Gasteiger charge is 2.46. The second-order valence-electron chi connectivity index (χ2n) is 17.2. The summed E-state index contributed by atoms with van der Waals surface area (Å²) in [5.41, 5.74) is 4.93. The van der Waals surface area contributed by atoms with Gasteiger partial charge in [-0.2, -0.15) is 0 Å². The molecule has 3 atom stereocenters. The van der Waals surface area contributed by atoms with Gasteiger partial charge in [0.1, 0.15) is 5.57 Å². The highest BCUT2D eigenvalue weighted by atomic mass is 16.5. The maximum atomic E-state index is 14.9. The zero-order chi connectivity index (χ0) is 42.9. The fourth-order valence-corrected chi connectivity index (χ4v) is 10.2. The highest BCUT2D eigenvalue weighted by molar-refractivity contribution is 6.30. The van der Waals surface area contributed by atoms with Crippen molar-refractivity contribution in [3.8, 4) is 0 Å². The number of methoxy groups -OCH3 is 1. The van der Waals surface area contributed by atoms with Crippen LogP contribution in [0.4, 0.5) is 4.79 Å². The minimum atomic E-state index is -0.578. The van der Waals surface area contributed by atoms with Crippen LogP contribution in [-0.4, -0.2) is 63.1 Å². The molecular weight excluding hydrogens is 757 g/mol. The fourth-order valence-electron chi connectivity index (χ4n) is 10.2. The Morgan fingerprint density at radius 2 is 1.10 bits per heavy atom. The van der Waals surface area contributed by atoms with Crippen molar-refractivity contribution >= 4 is 73.3 Å². The maximum absolute atomic E-state index is 14.9. The second-order valence-corrected chi connectivity index (χ2v) is 17.2. The molecule has 0 bridgehead atoms. The smallest absolute Gasteiger partial charge is 0.334 e. The number of imide groups is 2. The summed E-state index contributed by atoms with van der Waals surface area (Å²) in [6.45, 7) is 13.3. The minimum Gasteiger partial charge on any atom is -0.383 e. The molecule has 6 aromatic rings. The maximum Gasteiger partial charge on any atom is 0.334 e. The molecule has 3 unspecified atom stereocenters. The zero-order valence-electron chi connectivity index (χ0n) is 37.0. The van der Waals surface area contributed by atoms with Gasteiger partial charge < -0.3 is 13.9 Å². The molecule has 0 N–H and O–H groups in total. The molecule has 2 fully saturated rings. The largest absolute Gasteiger partial charge is 0.383 e. The Morgan fingerprint density at radius 1 is 0.607 bits per heavy atom. The van der Waals surface area contributed by atoms with Crippen molar-refractivity contribution in [3.05, 3.63) is 118 Å². The standard InChI is InChI=1S/C53H60N4O4/c1-8-11-32-54-51(58)50(52(59)57(53(54)60)36(6)33-61-7)47-39(28-30-43-41-22-12-18-37-20-14-24-45(48(37)41)55(43)34(4)16-9-2)26-27-40(47)29-31-44-42-23-13-19-38-21-15-25-46(49(38)42)56(44)35(5)17-10-3/h12-15,18-25,28-31,34-36H,8-11,16-17,26-27,32-33H2,1-7H3/b39-28-,40-29+,43-30+,44-31+,50-47+. The first kappa shape index (κ1) is 42.0. The topological polar surface area (TPSA) is 76.8 Å². The van der Waals surface area contributed by atoms with Crippen molar-refractivity contribution in [3.63, 3.8) is 0 Å². The van der Waals surface area contributed by atoms with Crippen LogP contribution in [0.15, 0.2) is 107 Å². The van der Waals surface area contributed by atoms with Crippen LogP contribution in [0.2, 0.25) is 0 Å². The number of aromatic nitrogens is 2. The van der Waals surface area contributed by atoms with Gasteiger partial charge in [0.15, 0.2) is 0 Å². The molecule has 8 heteroatoms. The first-order chi connectivity index (χ1) is 29.6. The van der Waals surface area contributed by atoms with Crippen molar-refractivity contribution < 1.29 is 19.1 Å². The Balaban J connectivity index is 1.41. The highest BCUT2D eigenvalue weighted by Crippen LogP contribution is 2.41. The number of carbonyl (C=O) groups excluding carboxylic acids is 3. The number of hydrogen-bond donors (Lipinski definition) is 0. The molecule has 2 aromatic heterocycles. The van der Waals surface area contributed by atoms with Crippen LogP contribution in [0.3, 0.4) is 0 Å². The number of barbiturate groups is 1. The Labute approximate surface area is 359 Å². The fraction of sp³-hybridized carbons (Fsp3) is 0.377. The van der Waals surface area contributed by atoms with E-state index >= 15 is 0 Å². The third-order valence-corrected chi connectivity index (χ3v) is 13.0. The molecule has 4 amide bonds. The number of hydrogen-bond acceptors (Lipinski definition) is 4. The van der Waals surface area contributed by atoms with E-state index < -0.39 is 23.9 Å². The van der Waals surface area contributed by atoms with Gasteiger partial charge in [0.25, 0.3) is 11.8 Å². The Bertz CT molecular complexity index is 2700. The average Bonchev–Trinajstić information content (AvgIpc) is 3.91. The average molecular weight is 817 g/mol. The van der Waals surface area contributed by atoms with Gasteiger partial charge in [-0.15, -0.1) is 0 Å². The van der Waals surface area contributed by atoms with Gasteiger partial charge >= 0.3 is 6.03 Å². The predicted octanol–water partition coefficient (Wildman–Crippen LogP) is 10.9. The van der Waals surface area contributed by atoms with E-state index in [-0.39, 0.29) is 30.8 Å². The molecule has 61 heavy (non-hydrogen) atoms. The van der Waals surface area contributed by atoms with Gasteiger partial charge in [0, 0.05) is 69.0 Å². The Morgan fingerprint density at radius 3 is 1.56 bits per heavy atom. The summed E-state index contributed by atoms with van der Waals surface area (Å²) in [6, 6.07) is 25.4. The predicted molar refractivity (Wildman–Crippen MR) is 250 cm³/mol. The van der Waals surface area contributed by atoms with Crippen LogP contribution in [-0.2, 0) is 14.3 Å². The molecule has 0 spiro atoms. The summed E-state index contributed by atoms with van der Waals surface area (Å²) in [4.78, 5) is 46.3. The van der Waals surface area contributed by atoms with Crippen molar-refractivity contribution in [2.45, 2.75) is 111 Å². The lowest BCUT2D eigenvalue weighted by atomic mass is 9.94. The number of allylic oxidation sites excluding steroid dienone is 5. The third kappa shape index (κ3) is 7.33. The quantitative estimate of drug-likeness (QED) is 0.0810. The molecule has 8 nitrogen and oxygen atoms in total. The SMILES string of the molecule is CCCCN1C(=O)/C(=C2C(=C\C=c3/c4cccc5cccc(c54)n3C(C)CCC)/CCC/2=C\C=c2/c3cccc4cccc(c43)n2C(C)CCC)C(=O)N(C(C)COC)C1=O. The Hall–Kier alpha value is -5.73. The van der Waals surface area contributed by atoms with E-state index in [0.717, 1.165) is 53.9 Å². The van der Waals surface area contributed by atoms with Crippen molar-refractivity contribution in [2.75, 3.05) is 20.3 Å².